The number of amides is 1. The molecule has 0 aliphatic heterocycles. The van der Waals surface area contributed by atoms with E-state index in [0.29, 0.717) is 25.6 Å². The first-order valence-electron chi connectivity index (χ1n) is 6.77. The van der Waals surface area contributed by atoms with Crippen molar-refractivity contribution in [3.63, 3.8) is 0 Å². The second kappa shape index (κ2) is 8.24. The van der Waals surface area contributed by atoms with Crippen molar-refractivity contribution >= 4 is 24.0 Å². The number of rotatable bonds is 6. The molecule has 6 nitrogen and oxygen atoms in total. The van der Waals surface area contributed by atoms with Gasteiger partial charge in [0.15, 0.2) is 0 Å². The van der Waals surface area contributed by atoms with E-state index in [1.807, 2.05) is 6.20 Å². The molecule has 1 amide bonds. The van der Waals surface area contributed by atoms with Crippen molar-refractivity contribution in [2.75, 3.05) is 25.6 Å². The molecule has 1 aromatic rings. The molecule has 1 heterocycles. The van der Waals surface area contributed by atoms with Gasteiger partial charge >= 0.3 is 0 Å². The number of hydrogen-bond acceptors (Lipinski definition) is 4. The number of nitrogens with one attached hydrogen (secondary N) is 1. The Balaban J connectivity index is 0.00000200. The van der Waals surface area contributed by atoms with Gasteiger partial charge in [-0.05, 0) is 25.3 Å². The second-order valence-corrected chi connectivity index (χ2v) is 5.01. The molecule has 7 heteroatoms. The molecule has 2 rings (SSSR count). The fourth-order valence-corrected chi connectivity index (χ4v) is 2.63. The van der Waals surface area contributed by atoms with Crippen LogP contribution in [0.1, 0.15) is 19.3 Å². The Morgan fingerprint density at radius 1 is 1.60 bits per heavy atom. The van der Waals surface area contributed by atoms with Gasteiger partial charge in [0.05, 0.1) is 25.0 Å². The third kappa shape index (κ3) is 4.19. The van der Waals surface area contributed by atoms with Gasteiger partial charge in [0, 0.05) is 19.2 Å². The summed E-state index contributed by atoms with van der Waals surface area (Å²) >= 11 is 0. The molecule has 1 saturated carbocycles. The lowest BCUT2D eigenvalue weighted by Crippen LogP contribution is -2.29. The first-order chi connectivity index (χ1) is 9.24. The summed E-state index contributed by atoms with van der Waals surface area (Å²) in [7, 11) is 1.65. The van der Waals surface area contributed by atoms with Crippen molar-refractivity contribution in [1.82, 2.24) is 9.78 Å². The molecule has 1 aromatic heterocycles. The van der Waals surface area contributed by atoms with Crippen LogP contribution >= 0.6 is 12.4 Å². The molecule has 0 aromatic carbocycles. The van der Waals surface area contributed by atoms with Gasteiger partial charge in [0.1, 0.15) is 0 Å². The minimum absolute atomic E-state index is 0. The number of aromatic nitrogens is 2. The summed E-state index contributed by atoms with van der Waals surface area (Å²) in [5.41, 5.74) is 6.44. The van der Waals surface area contributed by atoms with Crippen molar-refractivity contribution in [3.8, 4) is 0 Å². The maximum atomic E-state index is 12.2. The van der Waals surface area contributed by atoms with Crippen LogP contribution in [0.5, 0.6) is 0 Å². The van der Waals surface area contributed by atoms with Crippen LogP contribution < -0.4 is 11.1 Å². The molecule has 3 N–H and O–H groups in total. The molecule has 1 fully saturated rings. The largest absolute Gasteiger partial charge is 0.383 e. The number of carbonyl (C=O) groups is 1. The highest BCUT2D eigenvalue weighted by atomic mass is 35.5. The summed E-state index contributed by atoms with van der Waals surface area (Å²) in [6.07, 6.45) is 6.57. The molecule has 0 saturated heterocycles. The summed E-state index contributed by atoms with van der Waals surface area (Å²) < 4.78 is 6.74. The molecule has 0 spiro atoms. The fraction of sp³-hybridized carbons (Fsp3) is 0.692. The van der Waals surface area contributed by atoms with E-state index in [9.17, 15) is 4.79 Å². The average molecular weight is 303 g/mol. The van der Waals surface area contributed by atoms with Gasteiger partial charge in [-0.3, -0.25) is 9.48 Å². The number of anilines is 1. The first-order valence-corrected chi connectivity index (χ1v) is 6.77. The number of nitrogens with two attached hydrogens (primary N) is 1. The Hall–Kier alpha value is -1.11. The number of ether oxygens (including phenoxy) is 1. The van der Waals surface area contributed by atoms with Crippen molar-refractivity contribution in [1.29, 1.82) is 0 Å². The van der Waals surface area contributed by atoms with Gasteiger partial charge in [0.25, 0.3) is 0 Å². The molecule has 2 atom stereocenters. The first kappa shape index (κ1) is 16.9. The van der Waals surface area contributed by atoms with Crippen LogP contribution in [0.2, 0.25) is 0 Å². The van der Waals surface area contributed by atoms with Crippen molar-refractivity contribution in [2.45, 2.75) is 25.8 Å². The van der Waals surface area contributed by atoms with E-state index >= 15 is 0 Å². The third-order valence-electron chi connectivity index (χ3n) is 3.72. The van der Waals surface area contributed by atoms with Gasteiger partial charge in [-0.2, -0.15) is 5.10 Å². The van der Waals surface area contributed by atoms with Crippen molar-refractivity contribution in [3.05, 3.63) is 12.4 Å². The predicted octanol–water partition coefficient (Wildman–Crippen LogP) is 1.26. The van der Waals surface area contributed by atoms with E-state index in [-0.39, 0.29) is 24.2 Å². The number of nitrogens with zero attached hydrogens (tertiary/aromatic N) is 2. The van der Waals surface area contributed by atoms with Crippen LogP contribution in [0, 0.1) is 11.8 Å². The van der Waals surface area contributed by atoms with E-state index in [1.165, 1.54) is 0 Å². The Morgan fingerprint density at radius 3 is 3.10 bits per heavy atom. The van der Waals surface area contributed by atoms with E-state index < -0.39 is 0 Å². The molecular formula is C13H23ClN4O2. The van der Waals surface area contributed by atoms with Gasteiger partial charge in [-0.1, -0.05) is 6.42 Å². The zero-order chi connectivity index (χ0) is 13.7. The number of methoxy groups -OCH3 is 1. The monoisotopic (exact) mass is 302 g/mol. The molecule has 0 unspecified atom stereocenters. The second-order valence-electron chi connectivity index (χ2n) is 5.01. The Labute approximate surface area is 125 Å². The van der Waals surface area contributed by atoms with Crippen molar-refractivity contribution < 1.29 is 9.53 Å². The highest BCUT2D eigenvalue weighted by Crippen LogP contribution is 2.31. The highest BCUT2D eigenvalue weighted by molar-refractivity contribution is 5.92. The summed E-state index contributed by atoms with van der Waals surface area (Å²) in [5.74, 6) is 0.440. The van der Waals surface area contributed by atoms with Crippen LogP contribution in [0.3, 0.4) is 0 Å². The fourth-order valence-electron chi connectivity index (χ4n) is 2.63. The highest BCUT2D eigenvalue weighted by Gasteiger charge is 2.31. The van der Waals surface area contributed by atoms with Crippen LogP contribution in [0.25, 0.3) is 0 Å². The topological polar surface area (TPSA) is 82.2 Å². The van der Waals surface area contributed by atoms with Gasteiger partial charge < -0.3 is 15.8 Å². The van der Waals surface area contributed by atoms with Crippen LogP contribution in [0.4, 0.5) is 5.69 Å². The SMILES string of the molecule is COCCn1cc(NC(=O)[C@@H]2CCC[C@@H]2CN)cn1.Cl. The lowest BCUT2D eigenvalue weighted by Gasteiger charge is -2.16. The van der Waals surface area contributed by atoms with Crippen LogP contribution in [-0.4, -0.2) is 35.9 Å². The molecule has 0 bridgehead atoms. The number of hydrogen-bond donors (Lipinski definition) is 2. The Kier molecular flexibility index (Phi) is 6.98. The van der Waals surface area contributed by atoms with E-state index in [2.05, 4.69) is 10.4 Å². The molecule has 1 aliphatic rings. The van der Waals surface area contributed by atoms with Crippen LogP contribution in [0.15, 0.2) is 12.4 Å². The quantitative estimate of drug-likeness (QED) is 0.829. The summed E-state index contributed by atoms with van der Waals surface area (Å²) in [5, 5.41) is 7.10. The van der Waals surface area contributed by atoms with Gasteiger partial charge in [-0.15, -0.1) is 12.4 Å². The summed E-state index contributed by atoms with van der Waals surface area (Å²) in [6.45, 7) is 1.87. The predicted molar refractivity (Wildman–Crippen MR) is 79.9 cm³/mol. The minimum atomic E-state index is 0. The smallest absolute Gasteiger partial charge is 0.227 e. The van der Waals surface area contributed by atoms with E-state index in [1.54, 1.807) is 18.0 Å². The van der Waals surface area contributed by atoms with E-state index in [4.69, 9.17) is 10.5 Å². The molecule has 1 aliphatic carbocycles. The Bertz CT molecular complexity index is 424. The Morgan fingerprint density at radius 2 is 2.40 bits per heavy atom. The van der Waals surface area contributed by atoms with E-state index in [0.717, 1.165) is 24.9 Å². The minimum Gasteiger partial charge on any atom is -0.383 e. The summed E-state index contributed by atoms with van der Waals surface area (Å²) in [6, 6.07) is 0. The van der Waals surface area contributed by atoms with Crippen LogP contribution in [-0.2, 0) is 16.1 Å². The molecule has 0 radical (unpaired) electrons. The lowest BCUT2D eigenvalue weighted by atomic mass is 9.95. The zero-order valence-corrected chi connectivity index (χ0v) is 12.6. The van der Waals surface area contributed by atoms with Gasteiger partial charge in [0.2, 0.25) is 5.91 Å². The standard InChI is InChI=1S/C13H22N4O2.ClH/c1-19-6-5-17-9-11(8-15-17)16-13(18)12-4-2-3-10(12)7-14;/h8-10,12H,2-7,14H2,1H3,(H,16,18);1H/t10-,12-;/m1./s1. The zero-order valence-electron chi connectivity index (χ0n) is 11.7. The average Bonchev–Trinajstić information content (AvgIpc) is 3.04. The lowest BCUT2D eigenvalue weighted by molar-refractivity contribution is -0.120. The number of halogens is 1. The normalized spacial score (nSPS) is 21.5. The molecule has 114 valence electrons. The van der Waals surface area contributed by atoms with Crippen molar-refractivity contribution in [2.24, 2.45) is 17.6 Å². The maximum absolute atomic E-state index is 12.2. The number of carbonyl (C=O) groups excluding carboxylic acids is 1. The maximum Gasteiger partial charge on any atom is 0.227 e. The summed E-state index contributed by atoms with van der Waals surface area (Å²) in [4.78, 5) is 12.2. The molecule has 20 heavy (non-hydrogen) atoms. The third-order valence-corrected chi connectivity index (χ3v) is 3.72. The van der Waals surface area contributed by atoms with Gasteiger partial charge in [-0.25, -0.2) is 0 Å². The molecular weight excluding hydrogens is 280 g/mol.